The summed E-state index contributed by atoms with van der Waals surface area (Å²) in [5.41, 5.74) is 1.19. The molecule has 7 nitrogen and oxygen atoms in total. The summed E-state index contributed by atoms with van der Waals surface area (Å²) in [4.78, 5) is 7.39. The summed E-state index contributed by atoms with van der Waals surface area (Å²) >= 11 is 0. The van der Waals surface area contributed by atoms with E-state index in [0.29, 0.717) is 12.0 Å². The van der Waals surface area contributed by atoms with E-state index in [0.717, 1.165) is 64.9 Å². The van der Waals surface area contributed by atoms with Crippen molar-refractivity contribution < 1.29 is 4.74 Å². The van der Waals surface area contributed by atoms with Crippen molar-refractivity contribution in [3.63, 3.8) is 0 Å². The summed E-state index contributed by atoms with van der Waals surface area (Å²) in [6.45, 7) is 15.7. The van der Waals surface area contributed by atoms with Gasteiger partial charge in [-0.15, -0.1) is 24.0 Å². The van der Waals surface area contributed by atoms with Crippen LogP contribution in [0.25, 0.3) is 0 Å². The Morgan fingerprint density at radius 3 is 2.63 bits per heavy atom. The van der Waals surface area contributed by atoms with Gasteiger partial charge in [0.15, 0.2) is 5.96 Å². The third-order valence-electron chi connectivity index (χ3n) is 4.51. The second-order valence-electron chi connectivity index (χ2n) is 7.36. The van der Waals surface area contributed by atoms with Gasteiger partial charge in [-0.05, 0) is 31.7 Å². The number of ether oxygens (including phenoxy) is 1. The van der Waals surface area contributed by atoms with Crippen molar-refractivity contribution in [3.8, 4) is 0 Å². The maximum atomic E-state index is 5.51. The monoisotopic (exact) mass is 492 g/mol. The summed E-state index contributed by atoms with van der Waals surface area (Å²) in [7, 11) is 0. The van der Waals surface area contributed by atoms with Crippen LogP contribution in [-0.4, -0.2) is 72.6 Å². The van der Waals surface area contributed by atoms with Crippen LogP contribution in [0.3, 0.4) is 0 Å². The van der Waals surface area contributed by atoms with Crippen LogP contribution in [0.15, 0.2) is 17.4 Å². The van der Waals surface area contributed by atoms with E-state index in [-0.39, 0.29) is 24.0 Å². The molecule has 0 aromatic carbocycles. The molecular formula is C19H37IN6O. The smallest absolute Gasteiger partial charge is 0.191 e. The van der Waals surface area contributed by atoms with E-state index >= 15 is 0 Å². The fourth-order valence-electron chi connectivity index (χ4n) is 3.24. The lowest BCUT2D eigenvalue weighted by atomic mass is 10.0. The Morgan fingerprint density at radius 1 is 1.30 bits per heavy atom. The summed E-state index contributed by atoms with van der Waals surface area (Å²) in [5, 5.41) is 11.1. The molecule has 1 aliphatic heterocycles. The number of aliphatic imine (C=N–C) groups is 1. The molecule has 0 amide bonds. The molecule has 1 atom stereocenters. The zero-order valence-electron chi connectivity index (χ0n) is 17.3. The first-order chi connectivity index (χ1) is 12.6. The van der Waals surface area contributed by atoms with Gasteiger partial charge in [-0.2, -0.15) is 5.10 Å². The number of guanidine groups is 1. The lowest BCUT2D eigenvalue weighted by Gasteiger charge is -2.34. The standard InChI is InChI=1S/C19H36N6O.HI/c1-5-20-19(21-6-7-25-15-17(4)13-23-25)22-14-18(12-16(2)3)24-8-10-26-11-9-24;/h13,15-16,18H,5-12,14H2,1-4H3,(H2,20,21,22);1H. The normalized spacial score (nSPS) is 16.9. The van der Waals surface area contributed by atoms with E-state index in [1.807, 2.05) is 10.9 Å². The number of aromatic nitrogens is 2. The van der Waals surface area contributed by atoms with Gasteiger partial charge in [0.25, 0.3) is 0 Å². The number of halogens is 1. The minimum atomic E-state index is 0. The van der Waals surface area contributed by atoms with E-state index in [2.05, 4.69) is 54.5 Å². The van der Waals surface area contributed by atoms with Crippen LogP contribution in [0, 0.1) is 12.8 Å². The van der Waals surface area contributed by atoms with Gasteiger partial charge in [-0.1, -0.05) is 13.8 Å². The topological polar surface area (TPSA) is 66.7 Å². The zero-order chi connectivity index (χ0) is 18.8. The van der Waals surface area contributed by atoms with E-state index < -0.39 is 0 Å². The molecule has 1 unspecified atom stereocenters. The first kappa shape index (κ1) is 24.2. The predicted octanol–water partition coefficient (Wildman–Crippen LogP) is 2.11. The fourth-order valence-corrected chi connectivity index (χ4v) is 3.24. The summed E-state index contributed by atoms with van der Waals surface area (Å²) < 4.78 is 7.46. The molecule has 8 heteroatoms. The van der Waals surface area contributed by atoms with Gasteiger partial charge >= 0.3 is 0 Å². The van der Waals surface area contributed by atoms with E-state index in [4.69, 9.17) is 9.73 Å². The van der Waals surface area contributed by atoms with Crippen LogP contribution >= 0.6 is 24.0 Å². The van der Waals surface area contributed by atoms with Gasteiger partial charge < -0.3 is 15.4 Å². The molecule has 0 bridgehead atoms. The highest BCUT2D eigenvalue weighted by Gasteiger charge is 2.21. The maximum Gasteiger partial charge on any atom is 0.191 e. The minimum Gasteiger partial charge on any atom is -0.379 e. The second-order valence-corrected chi connectivity index (χ2v) is 7.36. The van der Waals surface area contributed by atoms with Crippen LogP contribution in [0.5, 0.6) is 0 Å². The summed E-state index contributed by atoms with van der Waals surface area (Å²) in [6, 6.07) is 0.475. The number of nitrogens with one attached hydrogen (secondary N) is 2. The highest BCUT2D eigenvalue weighted by atomic mass is 127. The average molecular weight is 492 g/mol. The van der Waals surface area contributed by atoms with Crippen molar-refractivity contribution in [3.05, 3.63) is 18.0 Å². The number of nitrogens with zero attached hydrogens (tertiary/aromatic N) is 4. The SMILES string of the molecule is CCNC(=NCC(CC(C)C)N1CCOCC1)NCCn1cc(C)cn1.I. The lowest BCUT2D eigenvalue weighted by Crippen LogP contribution is -2.46. The molecule has 2 N–H and O–H groups in total. The summed E-state index contributed by atoms with van der Waals surface area (Å²) in [6.07, 6.45) is 5.11. The number of aryl methyl sites for hydroxylation is 1. The van der Waals surface area contributed by atoms with E-state index in [9.17, 15) is 0 Å². The molecular weight excluding hydrogens is 455 g/mol. The molecule has 1 aliphatic rings. The van der Waals surface area contributed by atoms with E-state index in [1.165, 1.54) is 5.56 Å². The lowest BCUT2D eigenvalue weighted by molar-refractivity contribution is 0.0143. The Morgan fingerprint density at radius 2 is 2.04 bits per heavy atom. The Balaban J connectivity index is 0.00000364. The number of rotatable bonds is 9. The molecule has 0 saturated carbocycles. The molecule has 27 heavy (non-hydrogen) atoms. The van der Waals surface area contributed by atoms with Crippen molar-refractivity contribution in [1.82, 2.24) is 25.3 Å². The highest BCUT2D eigenvalue weighted by Crippen LogP contribution is 2.14. The number of morpholine rings is 1. The largest absolute Gasteiger partial charge is 0.379 e. The van der Waals surface area contributed by atoms with Gasteiger partial charge in [-0.25, -0.2) is 0 Å². The van der Waals surface area contributed by atoms with Crippen molar-refractivity contribution in [2.45, 2.75) is 46.7 Å². The van der Waals surface area contributed by atoms with Gasteiger partial charge in [0.05, 0.1) is 32.5 Å². The molecule has 1 aromatic rings. The molecule has 0 spiro atoms. The predicted molar refractivity (Wildman–Crippen MR) is 122 cm³/mol. The van der Waals surface area contributed by atoms with Crippen LogP contribution < -0.4 is 10.6 Å². The molecule has 1 saturated heterocycles. The van der Waals surface area contributed by atoms with E-state index in [1.54, 1.807) is 0 Å². The molecule has 2 heterocycles. The van der Waals surface area contributed by atoms with Gasteiger partial charge in [0.1, 0.15) is 0 Å². The fraction of sp³-hybridized carbons (Fsp3) is 0.789. The molecule has 2 rings (SSSR count). The molecule has 0 aliphatic carbocycles. The highest BCUT2D eigenvalue weighted by molar-refractivity contribution is 14.0. The maximum absolute atomic E-state index is 5.51. The van der Waals surface area contributed by atoms with Gasteiger partial charge in [0.2, 0.25) is 0 Å². The Kier molecular flexibility index (Phi) is 11.9. The van der Waals surface area contributed by atoms with Crippen LogP contribution in [0.1, 0.15) is 32.8 Å². The zero-order valence-corrected chi connectivity index (χ0v) is 19.6. The summed E-state index contributed by atoms with van der Waals surface area (Å²) in [5.74, 6) is 1.55. The van der Waals surface area contributed by atoms with Crippen molar-refractivity contribution in [1.29, 1.82) is 0 Å². The van der Waals surface area contributed by atoms with Crippen LogP contribution in [0.2, 0.25) is 0 Å². The average Bonchev–Trinajstić information content (AvgIpc) is 3.04. The quantitative estimate of drug-likeness (QED) is 0.314. The molecule has 1 fully saturated rings. The second kappa shape index (κ2) is 13.3. The number of hydrogen-bond donors (Lipinski definition) is 2. The minimum absolute atomic E-state index is 0. The molecule has 0 radical (unpaired) electrons. The Bertz CT molecular complexity index is 542. The third kappa shape index (κ3) is 9.25. The first-order valence-corrected chi connectivity index (χ1v) is 9.91. The van der Waals surface area contributed by atoms with Crippen LogP contribution in [-0.2, 0) is 11.3 Å². The first-order valence-electron chi connectivity index (χ1n) is 9.91. The van der Waals surface area contributed by atoms with Crippen molar-refractivity contribution in [2.75, 3.05) is 45.9 Å². The Labute approximate surface area is 181 Å². The Hall–Kier alpha value is -0.870. The molecule has 1 aromatic heterocycles. The van der Waals surface area contributed by atoms with Crippen molar-refractivity contribution in [2.24, 2.45) is 10.9 Å². The van der Waals surface area contributed by atoms with Gasteiger partial charge in [0, 0.05) is 38.4 Å². The molecule has 156 valence electrons. The van der Waals surface area contributed by atoms with Crippen LogP contribution in [0.4, 0.5) is 0 Å². The third-order valence-corrected chi connectivity index (χ3v) is 4.51. The van der Waals surface area contributed by atoms with Crippen molar-refractivity contribution >= 4 is 29.9 Å². The number of hydrogen-bond acceptors (Lipinski definition) is 4. The van der Waals surface area contributed by atoms with Gasteiger partial charge in [-0.3, -0.25) is 14.6 Å².